The van der Waals surface area contributed by atoms with E-state index in [0.717, 1.165) is 5.56 Å². The Bertz CT molecular complexity index is 643. The van der Waals surface area contributed by atoms with Gasteiger partial charge in [-0.3, -0.25) is 20.8 Å². The van der Waals surface area contributed by atoms with Crippen molar-refractivity contribution in [2.75, 3.05) is 12.0 Å². The summed E-state index contributed by atoms with van der Waals surface area (Å²) in [5.41, 5.74) is 3.11. The highest BCUT2D eigenvalue weighted by Gasteiger charge is 2.23. The molecule has 0 atom stereocenters. The first-order valence-electron chi connectivity index (χ1n) is 6.16. The third kappa shape index (κ3) is 3.56. The quantitative estimate of drug-likeness (QED) is 0.429. The van der Waals surface area contributed by atoms with Crippen LogP contribution in [0.5, 0.6) is 0 Å². The molecule has 1 aromatic carbocycles. The summed E-state index contributed by atoms with van der Waals surface area (Å²) >= 11 is 1.58. The molecule has 21 heavy (non-hydrogen) atoms. The van der Waals surface area contributed by atoms with Crippen LogP contribution in [0.4, 0.5) is 11.4 Å². The third-order valence-electron chi connectivity index (χ3n) is 2.90. The molecule has 1 heterocycles. The van der Waals surface area contributed by atoms with E-state index in [1.807, 2.05) is 16.8 Å². The Morgan fingerprint density at radius 1 is 1.38 bits per heavy atom. The summed E-state index contributed by atoms with van der Waals surface area (Å²) in [7, 11) is 0. The smallest absolute Gasteiger partial charge is 0.306 e. The summed E-state index contributed by atoms with van der Waals surface area (Å²) in [4.78, 5) is 22.6. The normalized spacial score (nSPS) is 10.1. The van der Waals surface area contributed by atoms with Gasteiger partial charge in [-0.1, -0.05) is 6.07 Å². The fourth-order valence-corrected chi connectivity index (χ4v) is 2.59. The molecular weight excluding hydrogens is 292 g/mol. The predicted octanol–water partition coefficient (Wildman–Crippen LogP) is 1.91. The molecular formula is C13H14N4O3S. The molecule has 0 aliphatic rings. The summed E-state index contributed by atoms with van der Waals surface area (Å²) in [6.45, 7) is 0.410. The lowest BCUT2D eigenvalue weighted by atomic mass is 10.1. The molecule has 2 aromatic rings. The molecule has 0 bridgehead atoms. The van der Waals surface area contributed by atoms with Crippen LogP contribution in [-0.2, 0) is 6.42 Å². The number of hydrogen-bond donors (Lipinski definition) is 3. The van der Waals surface area contributed by atoms with Crippen molar-refractivity contribution in [3.05, 3.63) is 56.3 Å². The average molecular weight is 306 g/mol. The van der Waals surface area contributed by atoms with E-state index in [1.54, 1.807) is 11.3 Å². The van der Waals surface area contributed by atoms with Crippen LogP contribution in [0.2, 0.25) is 0 Å². The van der Waals surface area contributed by atoms with Crippen LogP contribution in [0.25, 0.3) is 0 Å². The zero-order valence-corrected chi connectivity index (χ0v) is 11.9. The number of nitrogen functional groups attached to an aromatic ring is 1. The molecule has 8 heteroatoms. The Hall–Kier alpha value is -2.45. The second-order valence-electron chi connectivity index (χ2n) is 4.24. The summed E-state index contributed by atoms with van der Waals surface area (Å²) in [5, 5.41) is 17.7. The first-order valence-corrected chi connectivity index (χ1v) is 7.11. The number of para-hydroxylation sites is 1. The molecule has 7 nitrogen and oxygen atoms in total. The second-order valence-corrected chi connectivity index (χ2v) is 5.02. The Morgan fingerprint density at radius 3 is 2.81 bits per heavy atom. The van der Waals surface area contributed by atoms with Crippen LogP contribution in [0, 0.1) is 10.1 Å². The SMILES string of the molecule is NNc1cccc(C(=O)NCCc2ccsc2)c1[N+](=O)[O-]. The van der Waals surface area contributed by atoms with Gasteiger partial charge in [0.15, 0.2) is 0 Å². The highest BCUT2D eigenvalue weighted by molar-refractivity contribution is 7.07. The molecule has 1 aromatic heterocycles. The Balaban J connectivity index is 2.10. The number of hydrazine groups is 1. The van der Waals surface area contributed by atoms with Crippen molar-refractivity contribution in [1.82, 2.24) is 5.32 Å². The van der Waals surface area contributed by atoms with Crippen molar-refractivity contribution in [3.8, 4) is 0 Å². The minimum absolute atomic E-state index is 0.0132. The van der Waals surface area contributed by atoms with E-state index in [2.05, 4.69) is 10.7 Å². The van der Waals surface area contributed by atoms with Crippen molar-refractivity contribution >= 4 is 28.6 Å². The van der Waals surface area contributed by atoms with Crippen LogP contribution in [0.15, 0.2) is 35.0 Å². The summed E-state index contributed by atoms with van der Waals surface area (Å²) in [6.07, 6.45) is 0.678. The first-order chi connectivity index (χ1) is 10.1. The molecule has 110 valence electrons. The van der Waals surface area contributed by atoms with E-state index in [0.29, 0.717) is 13.0 Å². The van der Waals surface area contributed by atoms with E-state index in [4.69, 9.17) is 5.84 Å². The maximum Gasteiger partial charge on any atom is 0.306 e. The van der Waals surface area contributed by atoms with E-state index in [-0.39, 0.29) is 16.9 Å². The maximum absolute atomic E-state index is 12.1. The number of hydrogen-bond acceptors (Lipinski definition) is 6. The van der Waals surface area contributed by atoms with Crippen molar-refractivity contribution < 1.29 is 9.72 Å². The standard InChI is InChI=1S/C13H14N4O3S/c14-16-11-3-1-2-10(12(11)17(19)20)13(18)15-6-4-9-5-7-21-8-9/h1-3,5,7-8,16H,4,6,14H2,(H,15,18). The van der Waals surface area contributed by atoms with Crippen molar-refractivity contribution in [3.63, 3.8) is 0 Å². The zero-order chi connectivity index (χ0) is 15.2. The lowest BCUT2D eigenvalue weighted by molar-refractivity contribution is -0.384. The number of anilines is 1. The molecule has 0 spiro atoms. The largest absolute Gasteiger partial charge is 0.351 e. The molecule has 0 saturated carbocycles. The van der Waals surface area contributed by atoms with E-state index in [9.17, 15) is 14.9 Å². The van der Waals surface area contributed by atoms with Gasteiger partial charge in [0.1, 0.15) is 11.3 Å². The number of amides is 1. The molecule has 0 saturated heterocycles. The molecule has 0 fully saturated rings. The third-order valence-corrected chi connectivity index (χ3v) is 3.63. The fourth-order valence-electron chi connectivity index (χ4n) is 1.89. The topological polar surface area (TPSA) is 110 Å². The Kier molecular flexibility index (Phi) is 4.85. The minimum atomic E-state index is -0.622. The van der Waals surface area contributed by atoms with E-state index >= 15 is 0 Å². The highest BCUT2D eigenvalue weighted by atomic mass is 32.1. The molecule has 4 N–H and O–H groups in total. The van der Waals surface area contributed by atoms with Gasteiger partial charge in [0, 0.05) is 6.54 Å². The van der Waals surface area contributed by atoms with Gasteiger partial charge >= 0.3 is 5.69 Å². The minimum Gasteiger partial charge on any atom is -0.351 e. The number of carbonyl (C=O) groups excluding carboxylic acids is 1. The number of carbonyl (C=O) groups is 1. The van der Waals surface area contributed by atoms with Crippen LogP contribution < -0.4 is 16.6 Å². The van der Waals surface area contributed by atoms with Gasteiger partial charge in [0.05, 0.1) is 4.92 Å². The lowest BCUT2D eigenvalue weighted by Gasteiger charge is -2.08. The van der Waals surface area contributed by atoms with Crippen molar-refractivity contribution in [2.45, 2.75) is 6.42 Å². The lowest BCUT2D eigenvalue weighted by Crippen LogP contribution is -2.26. The highest BCUT2D eigenvalue weighted by Crippen LogP contribution is 2.27. The van der Waals surface area contributed by atoms with Gasteiger partial charge in [-0.2, -0.15) is 11.3 Å². The van der Waals surface area contributed by atoms with E-state index < -0.39 is 10.8 Å². The monoisotopic (exact) mass is 306 g/mol. The molecule has 2 rings (SSSR count). The molecule has 0 radical (unpaired) electrons. The Labute approximate surface area is 124 Å². The molecule has 0 unspecified atom stereocenters. The van der Waals surface area contributed by atoms with E-state index in [1.165, 1.54) is 18.2 Å². The van der Waals surface area contributed by atoms with Gasteiger partial charge in [-0.15, -0.1) is 0 Å². The summed E-state index contributed by atoms with van der Waals surface area (Å²) in [6, 6.07) is 6.35. The van der Waals surface area contributed by atoms with Crippen LogP contribution in [0.1, 0.15) is 15.9 Å². The number of thiophene rings is 1. The summed E-state index contributed by atoms with van der Waals surface area (Å²) < 4.78 is 0. The number of nitrogens with two attached hydrogens (primary N) is 1. The number of rotatable bonds is 6. The summed E-state index contributed by atoms with van der Waals surface area (Å²) in [5.74, 6) is 4.75. The van der Waals surface area contributed by atoms with Gasteiger partial charge in [0.25, 0.3) is 5.91 Å². The Morgan fingerprint density at radius 2 is 2.19 bits per heavy atom. The predicted molar refractivity (Wildman–Crippen MR) is 81.3 cm³/mol. The number of nitrogens with zero attached hydrogens (tertiary/aromatic N) is 1. The number of nitrogens with one attached hydrogen (secondary N) is 2. The van der Waals surface area contributed by atoms with Gasteiger partial charge in [-0.25, -0.2) is 0 Å². The number of nitro benzene ring substituents is 1. The van der Waals surface area contributed by atoms with Crippen molar-refractivity contribution in [1.29, 1.82) is 0 Å². The van der Waals surface area contributed by atoms with Gasteiger partial charge in [-0.05, 0) is 40.9 Å². The van der Waals surface area contributed by atoms with Crippen LogP contribution >= 0.6 is 11.3 Å². The average Bonchev–Trinajstić information content (AvgIpc) is 2.99. The number of nitro groups is 1. The van der Waals surface area contributed by atoms with Gasteiger partial charge < -0.3 is 10.7 Å². The molecule has 1 amide bonds. The van der Waals surface area contributed by atoms with Crippen molar-refractivity contribution in [2.24, 2.45) is 5.84 Å². The molecule has 0 aliphatic carbocycles. The second kappa shape index (κ2) is 6.82. The number of benzene rings is 1. The van der Waals surface area contributed by atoms with Gasteiger partial charge in [0.2, 0.25) is 0 Å². The van der Waals surface area contributed by atoms with Crippen LogP contribution in [-0.4, -0.2) is 17.4 Å². The first kappa shape index (κ1) is 14.9. The zero-order valence-electron chi connectivity index (χ0n) is 11.0. The maximum atomic E-state index is 12.1. The molecule has 0 aliphatic heterocycles. The van der Waals surface area contributed by atoms with Crippen LogP contribution in [0.3, 0.4) is 0 Å². The fraction of sp³-hybridized carbons (Fsp3) is 0.154.